The molecule has 4 aromatic rings. The summed E-state index contributed by atoms with van der Waals surface area (Å²) in [6, 6.07) is 21.9. The van der Waals surface area contributed by atoms with Crippen LogP contribution in [0.2, 0.25) is 0 Å². The van der Waals surface area contributed by atoms with Gasteiger partial charge in [-0.15, -0.1) is 11.6 Å². The quantitative estimate of drug-likeness (QED) is 0.352. The first-order valence-corrected chi connectivity index (χ1v) is 10.5. The molecule has 0 aliphatic heterocycles. The number of carbonyl (C=O) groups is 1. The third-order valence-electron chi connectivity index (χ3n) is 5.07. The fraction of sp³-hybridized carbons (Fsp3) is 0.160. The van der Waals surface area contributed by atoms with Crippen molar-refractivity contribution in [3.63, 3.8) is 0 Å². The number of halogens is 2. The molecule has 30 heavy (non-hydrogen) atoms. The Labute approximate surface area is 180 Å². The van der Waals surface area contributed by atoms with E-state index in [1.807, 2.05) is 18.2 Å². The lowest BCUT2D eigenvalue weighted by Gasteiger charge is -2.08. The van der Waals surface area contributed by atoms with E-state index >= 15 is 0 Å². The number of hydrogen-bond donors (Lipinski definition) is 1. The molecule has 0 radical (unpaired) electrons. The van der Waals surface area contributed by atoms with Crippen LogP contribution in [0.3, 0.4) is 0 Å². The van der Waals surface area contributed by atoms with Crippen LogP contribution >= 0.6 is 11.6 Å². The Morgan fingerprint density at radius 3 is 2.57 bits per heavy atom. The van der Waals surface area contributed by atoms with Gasteiger partial charge in [-0.2, -0.15) is 0 Å². The number of benzene rings is 3. The van der Waals surface area contributed by atoms with Gasteiger partial charge < -0.3 is 9.88 Å². The first-order valence-electron chi connectivity index (χ1n) is 9.92. The number of amides is 1. The van der Waals surface area contributed by atoms with Gasteiger partial charge >= 0.3 is 0 Å². The number of alkyl halides is 1. The van der Waals surface area contributed by atoms with E-state index in [1.165, 1.54) is 28.6 Å². The summed E-state index contributed by atoms with van der Waals surface area (Å²) in [6.07, 6.45) is 3.78. The molecule has 3 nitrogen and oxygen atoms in total. The van der Waals surface area contributed by atoms with Crippen molar-refractivity contribution < 1.29 is 9.18 Å². The summed E-state index contributed by atoms with van der Waals surface area (Å²) in [4.78, 5) is 12.6. The van der Waals surface area contributed by atoms with E-state index < -0.39 is 0 Å². The van der Waals surface area contributed by atoms with Crippen molar-refractivity contribution in [2.45, 2.75) is 19.4 Å². The van der Waals surface area contributed by atoms with Gasteiger partial charge in [0.05, 0.1) is 0 Å². The summed E-state index contributed by atoms with van der Waals surface area (Å²) < 4.78 is 15.3. The smallest absolute Gasteiger partial charge is 0.255 e. The number of fused-ring (bicyclic) bond motifs is 1. The summed E-state index contributed by atoms with van der Waals surface area (Å²) in [5, 5.41) is 4.00. The lowest BCUT2D eigenvalue weighted by molar-refractivity contribution is 0.102. The highest BCUT2D eigenvalue weighted by Gasteiger charge is 2.08. The third kappa shape index (κ3) is 4.71. The standard InChI is InChI=1S/C25H22ClFN2O/c26-12-2-13-29-14-11-20-16-19(5-10-24(20)29)15-18-3-1-4-21(17-18)25(30)28-23-8-6-22(27)7-9-23/h1,3-11,14,16-17H,2,12-13,15H2,(H,28,30). The van der Waals surface area contributed by atoms with Crippen LogP contribution in [-0.2, 0) is 13.0 Å². The summed E-state index contributed by atoms with van der Waals surface area (Å²) in [5.41, 5.74) is 4.59. The monoisotopic (exact) mass is 420 g/mol. The number of aryl methyl sites for hydroxylation is 1. The van der Waals surface area contributed by atoms with Crippen LogP contribution in [-0.4, -0.2) is 16.4 Å². The van der Waals surface area contributed by atoms with E-state index in [0.29, 0.717) is 17.1 Å². The zero-order valence-electron chi connectivity index (χ0n) is 16.4. The van der Waals surface area contributed by atoms with Crippen LogP contribution in [0.4, 0.5) is 10.1 Å². The minimum absolute atomic E-state index is 0.213. The molecule has 1 amide bonds. The molecule has 1 heterocycles. The van der Waals surface area contributed by atoms with Crippen molar-refractivity contribution in [3.05, 3.63) is 102 Å². The minimum Gasteiger partial charge on any atom is -0.347 e. The van der Waals surface area contributed by atoms with Crippen molar-refractivity contribution in [2.24, 2.45) is 0 Å². The second-order valence-electron chi connectivity index (χ2n) is 7.28. The molecule has 152 valence electrons. The van der Waals surface area contributed by atoms with Crippen molar-refractivity contribution >= 4 is 34.1 Å². The van der Waals surface area contributed by atoms with Gasteiger partial charge in [0.1, 0.15) is 5.82 Å². The van der Waals surface area contributed by atoms with E-state index in [1.54, 1.807) is 18.2 Å². The first kappa shape index (κ1) is 20.2. The molecule has 0 spiro atoms. The third-order valence-corrected chi connectivity index (χ3v) is 5.33. The molecule has 4 rings (SSSR count). The Morgan fingerprint density at radius 1 is 0.967 bits per heavy atom. The lowest BCUT2D eigenvalue weighted by Crippen LogP contribution is -2.12. The Bertz CT molecular complexity index is 1170. The lowest BCUT2D eigenvalue weighted by atomic mass is 10.0. The van der Waals surface area contributed by atoms with Crippen molar-refractivity contribution in [3.8, 4) is 0 Å². The molecule has 1 N–H and O–H groups in total. The molecule has 0 aliphatic carbocycles. The average Bonchev–Trinajstić information content (AvgIpc) is 3.16. The Morgan fingerprint density at radius 2 is 1.77 bits per heavy atom. The Kier molecular flexibility index (Phi) is 6.15. The normalized spacial score (nSPS) is 11.0. The molecule has 0 saturated carbocycles. The number of rotatable bonds is 7. The Hall–Kier alpha value is -3.11. The van der Waals surface area contributed by atoms with Crippen LogP contribution in [0.25, 0.3) is 10.9 Å². The second kappa shape index (κ2) is 9.14. The molecular weight excluding hydrogens is 399 g/mol. The van der Waals surface area contributed by atoms with Crippen LogP contribution < -0.4 is 5.32 Å². The van der Waals surface area contributed by atoms with Gasteiger partial charge in [-0.3, -0.25) is 4.79 Å². The van der Waals surface area contributed by atoms with E-state index in [0.717, 1.165) is 24.9 Å². The number of hydrogen-bond acceptors (Lipinski definition) is 1. The molecule has 3 aromatic carbocycles. The fourth-order valence-electron chi connectivity index (χ4n) is 3.58. The predicted molar refractivity (Wildman–Crippen MR) is 121 cm³/mol. The van der Waals surface area contributed by atoms with Gasteiger partial charge in [0.2, 0.25) is 0 Å². The molecule has 0 saturated heterocycles. The topological polar surface area (TPSA) is 34.0 Å². The van der Waals surface area contributed by atoms with Crippen LogP contribution in [0.15, 0.2) is 79.0 Å². The van der Waals surface area contributed by atoms with Gasteiger partial charge in [0.25, 0.3) is 5.91 Å². The molecule has 0 fully saturated rings. The summed E-state index contributed by atoms with van der Waals surface area (Å²) in [6.45, 7) is 0.914. The van der Waals surface area contributed by atoms with Crippen molar-refractivity contribution in [1.29, 1.82) is 0 Å². The maximum atomic E-state index is 13.0. The predicted octanol–water partition coefficient (Wildman–Crippen LogP) is 6.25. The minimum atomic E-state index is -0.332. The van der Waals surface area contributed by atoms with Crippen LogP contribution in [0.1, 0.15) is 27.9 Å². The number of carbonyl (C=O) groups excluding carboxylic acids is 1. The molecule has 0 aliphatic rings. The Balaban J connectivity index is 1.48. The zero-order valence-corrected chi connectivity index (χ0v) is 17.2. The number of anilines is 1. The zero-order chi connectivity index (χ0) is 20.9. The van der Waals surface area contributed by atoms with Gasteiger partial charge in [-0.1, -0.05) is 18.2 Å². The van der Waals surface area contributed by atoms with E-state index in [4.69, 9.17) is 11.6 Å². The second-order valence-corrected chi connectivity index (χ2v) is 7.66. The molecular formula is C25H22ClFN2O. The first-order chi connectivity index (χ1) is 14.6. The maximum Gasteiger partial charge on any atom is 0.255 e. The van der Waals surface area contributed by atoms with Crippen molar-refractivity contribution in [2.75, 3.05) is 11.2 Å². The maximum absolute atomic E-state index is 13.0. The molecule has 0 unspecified atom stereocenters. The summed E-state index contributed by atoms with van der Waals surface area (Å²) >= 11 is 5.81. The molecule has 1 aromatic heterocycles. The van der Waals surface area contributed by atoms with E-state index in [9.17, 15) is 9.18 Å². The average molecular weight is 421 g/mol. The van der Waals surface area contributed by atoms with Gasteiger partial charge in [-0.05, 0) is 84.0 Å². The van der Waals surface area contributed by atoms with Gasteiger partial charge in [0, 0.05) is 35.4 Å². The number of nitrogens with one attached hydrogen (secondary N) is 1. The van der Waals surface area contributed by atoms with Crippen molar-refractivity contribution in [1.82, 2.24) is 4.57 Å². The highest BCUT2D eigenvalue weighted by molar-refractivity contribution is 6.17. The van der Waals surface area contributed by atoms with Crippen LogP contribution in [0, 0.1) is 5.82 Å². The summed E-state index contributed by atoms with van der Waals surface area (Å²) in [7, 11) is 0. The molecule has 0 atom stereocenters. The highest BCUT2D eigenvalue weighted by atomic mass is 35.5. The van der Waals surface area contributed by atoms with E-state index in [-0.39, 0.29) is 11.7 Å². The fourth-order valence-corrected chi connectivity index (χ4v) is 3.70. The summed E-state index contributed by atoms with van der Waals surface area (Å²) in [5.74, 6) is 0.111. The van der Waals surface area contributed by atoms with Crippen LogP contribution in [0.5, 0.6) is 0 Å². The number of aromatic nitrogens is 1. The molecule has 0 bridgehead atoms. The molecule has 5 heteroatoms. The van der Waals surface area contributed by atoms with Gasteiger partial charge in [-0.25, -0.2) is 4.39 Å². The van der Waals surface area contributed by atoms with E-state index in [2.05, 4.69) is 40.3 Å². The largest absolute Gasteiger partial charge is 0.347 e. The SMILES string of the molecule is O=C(Nc1ccc(F)cc1)c1cccc(Cc2ccc3c(ccn3CCCCl)c2)c1. The number of nitrogens with zero attached hydrogens (tertiary/aromatic N) is 1. The highest BCUT2D eigenvalue weighted by Crippen LogP contribution is 2.21. The van der Waals surface area contributed by atoms with Gasteiger partial charge in [0.15, 0.2) is 0 Å².